The van der Waals surface area contributed by atoms with Crippen LogP contribution in [0.15, 0.2) is 55.2 Å². The van der Waals surface area contributed by atoms with Gasteiger partial charge >= 0.3 is 0 Å². The lowest BCUT2D eigenvalue weighted by Gasteiger charge is -2.35. The number of piperazine rings is 1. The molecule has 134 valence electrons. The quantitative estimate of drug-likeness (QED) is 0.545. The number of nitrogens with zero attached hydrogens (tertiary/aromatic N) is 7. The first kappa shape index (κ1) is 16.1. The van der Waals surface area contributed by atoms with Gasteiger partial charge in [-0.1, -0.05) is 12.1 Å². The van der Waals surface area contributed by atoms with Crippen molar-refractivity contribution in [2.24, 2.45) is 0 Å². The van der Waals surface area contributed by atoms with Crippen LogP contribution in [0, 0.1) is 0 Å². The molecule has 7 nitrogen and oxygen atoms in total. The third kappa shape index (κ3) is 3.19. The highest BCUT2D eigenvalue weighted by Gasteiger charge is 2.20. The van der Waals surface area contributed by atoms with E-state index in [0.29, 0.717) is 0 Å². The number of hydrogen-bond acceptors (Lipinski definition) is 8. The van der Waals surface area contributed by atoms with E-state index in [1.165, 1.54) is 4.70 Å². The topological polar surface area (TPSA) is 70.9 Å². The Morgan fingerprint density at radius 3 is 2.33 bits per heavy atom. The lowest BCUT2D eigenvalue weighted by Crippen LogP contribution is -2.47. The van der Waals surface area contributed by atoms with Gasteiger partial charge in [0.2, 0.25) is 5.95 Å². The van der Waals surface area contributed by atoms with E-state index < -0.39 is 0 Å². The molecule has 4 heterocycles. The third-order valence-electron chi connectivity index (χ3n) is 4.62. The van der Waals surface area contributed by atoms with Gasteiger partial charge in [-0.05, 0) is 12.1 Å². The molecule has 8 heteroatoms. The second kappa shape index (κ2) is 6.88. The molecule has 5 rings (SSSR count). The lowest BCUT2D eigenvalue weighted by atomic mass is 10.3. The fourth-order valence-corrected chi connectivity index (χ4v) is 4.12. The predicted octanol–water partition coefficient (Wildman–Crippen LogP) is 2.87. The Bertz CT molecular complexity index is 1010. The van der Waals surface area contributed by atoms with Crippen molar-refractivity contribution < 1.29 is 0 Å². The lowest BCUT2D eigenvalue weighted by molar-refractivity contribution is 0.633. The molecule has 0 N–H and O–H groups in total. The van der Waals surface area contributed by atoms with Gasteiger partial charge in [-0.3, -0.25) is 4.98 Å². The monoisotopic (exact) mass is 375 g/mol. The highest BCUT2D eigenvalue weighted by atomic mass is 32.1. The average molecular weight is 375 g/mol. The van der Waals surface area contributed by atoms with Gasteiger partial charge in [0.25, 0.3) is 0 Å². The van der Waals surface area contributed by atoms with Crippen LogP contribution in [0.5, 0.6) is 0 Å². The average Bonchev–Trinajstić information content (AvgIpc) is 3.19. The molecule has 1 aliphatic rings. The third-order valence-corrected chi connectivity index (χ3v) is 5.70. The normalized spacial score (nSPS) is 14.7. The molecule has 0 amide bonds. The second-order valence-electron chi connectivity index (χ2n) is 6.30. The molecule has 3 aromatic heterocycles. The van der Waals surface area contributed by atoms with Crippen molar-refractivity contribution in [3.8, 4) is 10.6 Å². The van der Waals surface area contributed by atoms with Crippen molar-refractivity contribution in [2.45, 2.75) is 0 Å². The summed E-state index contributed by atoms with van der Waals surface area (Å²) in [5.74, 6) is 1.68. The molecule has 1 fully saturated rings. The molecule has 0 spiro atoms. The summed E-state index contributed by atoms with van der Waals surface area (Å²) < 4.78 is 1.18. The number of fused-ring (bicyclic) bond motifs is 1. The van der Waals surface area contributed by atoms with Crippen LogP contribution in [0.1, 0.15) is 0 Å². The zero-order valence-electron chi connectivity index (χ0n) is 14.6. The van der Waals surface area contributed by atoms with Crippen LogP contribution >= 0.6 is 11.3 Å². The van der Waals surface area contributed by atoms with E-state index in [-0.39, 0.29) is 0 Å². The summed E-state index contributed by atoms with van der Waals surface area (Å²) in [4.78, 5) is 26.8. The summed E-state index contributed by atoms with van der Waals surface area (Å²) in [6, 6.07) is 8.15. The first-order chi connectivity index (χ1) is 13.4. The summed E-state index contributed by atoms with van der Waals surface area (Å²) in [6.45, 7) is 3.47. The van der Waals surface area contributed by atoms with Crippen molar-refractivity contribution in [3.63, 3.8) is 0 Å². The highest BCUT2D eigenvalue weighted by molar-refractivity contribution is 7.21. The summed E-state index contributed by atoms with van der Waals surface area (Å²) in [5, 5.41) is 0.954. The van der Waals surface area contributed by atoms with Gasteiger partial charge in [-0.25, -0.2) is 19.9 Å². The molecule has 1 saturated heterocycles. The fourth-order valence-electron chi connectivity index (χ4n) is 3.18. The molecule has 0 aliphatic carbocycles. The summed E-state index contributed by atoms with van der Waals surface area (Å²) in [6.07, 6.45) is 8.97. The maximum atomic E-state index is 4.67. The first-order valence-electron chi connectivity index (χ1n) is 8.81. The summed E-state index contributed by atoms with van der Waals surface area (Å²) in [5.41, 5.74) is 1.97. The summed E-state index contributed by atoms with van der Waals surface area (Å²) in [7, 11) is 0. The van der Waals surface area contributed by atoms with Crippen molar-refractivity contribution >= 4 is 33.3 Å². The Morgan fingerprint density at radius 1 is 0.815 bits per heavy atom. The van der Waals surface area contributed by atoms with E-state index in [4.69, 9.17) is 0 Å². The van der Waals surface area contributed by atoms with E-state index in [1.54, 1.807) is 29.9 Å². The van der Waals surface area contributed by atoms with Gasteiger partial charge in [0.1, 0.15) is 10.8 Å². The molecule has 4 aromatic rings. The van der Waals surface area contributed by atoms with E-state index in [0.717, 1.165) is 54.0 Å². The number of hydrogen-bond donors (Lipinski definition) is 0. The predicted molar refractivity (Wildman–Crippen MR) is 107 cm³/mol. The van der Waals surface area contributed by atoms with E-state index in [9.17, 15) is 0 Å². The summed E-state index contributed by atoms with van der Waals surface area (Å²) >= 11 is 1.67. The number of aromatic nitrogens is 5. The van der Waals surface area contributed by atoms with E-state index in [1.807, 2.05) is 30.6 Å². The molecular weight excluding hydrogens is 358 g/mol. The number of thiazole rings is 1. The number of rotatable bonds is 3. The molecule has 1 aromatic carbocycles. The van der Waals surface area contributed by atoms with Gasteiger partial charge < -0.3 is 9.80 Å². The molecule has 0 bridgehead atoms. The zero-order valence-corrected chi connectivity index (χ0v) is 15.4. The maximum absolute atomic E-state index is 4.67. The van der Waals surface area contributed by atoms with Crippen LogP contribution in [0.25, 0.3) is 20.8 Å². The minimum atomic E-state index is 0.763. The van der Waals surface area contributed by atoms with Gasteiger partial charge in [-0.2, -0.15) is 0 Å². The van der Waals surface area contributed by atoms with Gasteiger partial charge in [0, 0.05) is 56.5 Å². The Balaban J connectivity index is 1.29. The molecule has 0 radical (unpaired) electrons. The van der Waals surface area contributed by atoms with Crippen LogP contribution in [0.2, 0.25) is 0 Å². The maximum Gasteiger partial charge on any atom is 0.225 e. The number of para-hydroxylation sites is 1. The molecule has 0 atom stereocenters. The SMILES string of the molecule is c1ccc2sc(-c3cnc(N4CCN(c5cnccn5)CC4)nc3)nc2c1. The Morgan fingerprint density at radius 2 is 1.59 bits per heavy atom. The van der Waals surface area contributed by atoms with Gasteiger partial charge in [0.05, 0.1) is 16.4 Å². The standard InChI is InChI=1S/C19H17N7S/c1-2-4-16-15(3-1)24-18(27-16)14-11-22-19(23-12-14)26-9-7-25(8-10-26)17-13-20-5-6-21-17/h1-6,11-13H,7-10H2. The van der Waals surface area contributed by atoms with Crippen LogP contribution in [0.4, 0.5) is 11.8 Å². The largest absolute Gasteiger partial charge is 0.352 e. The van der Waals surface area contributed by atoms with Crippen molar-refractivity contribution in [1.29, 1.82) is 0 Å². The highest BCUT2D eigenvalue weighted by Crippen LogP contribution is 2.29. The van der Waals surface area contributed by atoms with Crippen LogP contribution in [-0.4, -0.2) is 51.1 Å². The molecule has 27 heavy (non-hydrogen) atoms. The van der Waals surface area contributed by atoms with E-state index in [2.05, 4.69) is 40.8 Å². The second-order valence-corrected chi connectivity index (χ2v) is 7.33. The minimum Gasteiger partial charge on any atom is -0.352 e. The van der Waals surface area contributed by atoms with Crippen molar-refractivity contribution in [2.75, 3.05) is 36.0 Å². The van der Waals surface area contributed by atoms with Gasteiger partial charge in [0.15, 0.2) is 0 Å². The van der Waals surface area contributed by atoms with E-state index >= 15 is 0 Å². The van der Waals surface area contributed by atoms with Crippen LogP contribution in [-0.2, 0) is 0 Å². The molecule has 1 aliphatic heterocycles. The van der Waals surface area contributed by atoms with Crippen molar-refractivity contribution in [1.82, 2.24) is 24.9 Å². The smallest absolute Gasteiger partial charge is 0.225 e. The van der Waals surface area contributed by atoms with Gasteiger partial charge in [-0.15, -0.1) is 11.3 Å². The first-order valence-corrected chi connectivity index (χ1v) is 9.62. The Labute approximate surface area is 160 Å². The number of benzene rings is 1. The minimum absolute atomic E-state index is 0.763. The van der Waals surface area contributed by atoms with Crippen LogP contribution in [0.3, 0.4) is 0 Å². The molecule has 0 unspecified atom stereocenters. The Hall–Kier alpha value is -3.13. The van der Waals surface area contributed by atoms with Crippen LogP contribution < -0.4 is 9.80 Å². The Kier molecular flexibility index (Phi) is 4.10. The number of anilines is 2. The van der Waals surface area contributed by atoms with Crippen molar-refractivity contribution in [3.05, 3.63) is 55.2 Å². The molecular formula is C19H17N7S. The fraction of sp³-hybridized carbons (Fsp3) is 0.211. The zero-order chi connectivity index (χ0) is 18.1. The molecule has 0 saturated carbocycles.